The first-order valence-electron chi connectivity index (χ1n) is 6.39. The summed E-state index contributed by atoms with van der Waals surface area (Å²) in [6.45, 7) is 9.29. The van der Waals surface area contributed by atoms with Crippen LogP contribution in [0, 0.1) is 0 Å². The summed E-state index contributed by atoms with van der Waals surface area (Å²) in [6.07, 6.45) is 9.68. The van der Waals surface area contributed by atoms with E-state index in [4.69, 9.17) is 0 Å². The summed E-state index contributed by atoms with van der Waals surface area (Å²) in [4.78, 5) is 0. The van der Waals surface area contributed by atoms with Gasteiger partial charge >= 0.3 is 0 Å². The molecular weight excluding hydrogens is 188 g/mol. The zero-order chi connectivity index (χ0) is 10.8. The van der Waals surface area contributed by atoms with Gasteiger partial charge in [0.1, 0.15) is 0 Å². The van der Waals surface area contributed by atoms with Crippen molar-refractivity contribution in [1.82, 2.24) is 0 Å². The van der Waals surface area contributed by atoms with Crippen molar-refractivity contribution in [2.24, 2.45) is 0 Å². The fraction of sp³-hybridized carbons (Fsp3) is 1.00. The van der Waals surface area contributed by atoms with Crippen LogP contribution in [0.3, 0.4) is 0 Å². The van der Waals surface area contributed by atoms with Gasteiger partial charge in [0.25, 0.3) is 0 Å². The van der Waals surface area contributed by atoms with E-state index in [0.717, 1.165) is 10.5 Å². The minimum atomic E-state index is 0.869. The highest BCUT2D eigenvalue weighted by Crippen LogP contribution is 2.28. The molecular formula is C13H28S. The average Bonchev–Trinajstić information content (AvgIpc) is 2.15. The first-order chi connectivity index (χ1) is 6.74. The highest BCUT2D eigenvalue weighted by Gasteiger charge is 2.11. The predicted molar refractivity (Wildman–Crippen MR) is 70.2 cm³/mol. The van der Waals surface area contributed by atoms with E-state index in [9.17, 15) is 0 Å². The lowest BCUT2D eigenvalue weighted by atomic mass is 10.1. The van der Waals surface area contributed by atoms with Gasteiger partial charge in [0.2, 0.25) is 0 Å². The molecule has 0 fully saturated rings. The predicted octanol–water partition coefficient (Wildman–Crippen LogP) is 5.27. The maximum atomic E-state index is 2.39. The molecule has 0 aromatic heterocycles. The Morgan fingerprint density at radius 3 is 2.00 bits per heavy atom. The van der Waals surface area contributed by atoms with Crippen molar-refractivity contribution in [3.05, 3.63) is 0 Å². The van der Waals surface area contributed by atoms with E-state index in [2.05, 4.69) is 39.5 Å². The van der Waals surface area contributed by atoms with Gasteiger partial charge in [-0.2, -0.15) is 11.8 Å². The van der Waals surface area contributed by atoms with Crippen LogP contribution in [-0.4, -0.2) is 10.5 Å². The van der Waals surface area contributed by atoms with Gasteiger partial charge in [-0.1, -0.05) is 53.4 Å². The van der Waals surface area contributed by atoms with Crippen LogP contribution < -0.4 is 0 Å². The summed E-state index contributed by atoms with van der Waals surface area (Å²) in [6, 6.07) is 0. The zero-order valence-corrected chi connectivity index (χ0v) is 11.3. The third-order valence-corrected chi connectivity index (χ3v) is 4.17. The van der Waals surface area contributed by atoms with Crippen LogP contribution in [0.2, 0.25) is 0 Å². The summed E-state index contributed by atoms with van der Waals surface area (Å²) in [5.74, 6) is 0. The molecule has 0 nitrogen and oxygen atoms in total. The maximum Gasteiger partial charge on any atom is 0.00496 e. The molecule has 0 aliphatic heterocycles. The van der Waals surface area contributed by atoms with Crippen molar-refractivity contribution in [3.8, 4) is 0 Å². The third kappa shape index (κ3) is 7.73. The average molecular weight is 216 g/mol. The largest absolute Gasteiger partial charge is 0.155 e. The molecule has 0 rings (SSSR count). The van der Waals surface area contributed by atoms with Gasteiger partial charge in [-0.25, -0.2) is 0 Å². The van der Waals surface area contributed by atoms with Crippen LogP contribution in [-0.2, 0) is 0 Å². The van der Waals surface area contributed by atoms with Gasteiger partial charge in [-0.3, -0.25) is 0 Å². The lowest BCUT2D eigenvalue weighted by Gasteiger charge is -2.19. The lowest BCUT2D eigenvalue weighted by molar-refractivity contribution is 0.634. The molecule has 2 unspecified atom stereocenters. The molecule has 0 saturated carbocycles. The lowest BCUT2D eigenvalue weighted by Crippen LogP contribution is -2.08. The van der Waals surface area contributed by atoms with Crippen molar-refractivity contribution < 1.29 is 0 Å². The molecule has 2 atom stereocenters. The van der Waals surface area contributed by atoms with Crippen molar-refractivity contribution in [2.75, 3.05) is 0 Å². The maximum absolute atomic E-state index is 2.39. The van der Waals surface area contributed by atoms with E-state index in [-0.39, 0.29) is 0 Å². The number of thioether (sulfide) groups is 1. The first-order valence-corrected chi connectivity index (χ1v) is 7.34. The SMILES string of the molecule is CCCCC(CCC)SC(C)CCC. The molecule has 14 heavy (non-hydrogen) atoms. The van der Waals surface area contributed by atoms with Gasteiger partial charge < -0.3 is 0 Å². The molecule has 86 valence electrons. The van der Waals surface area contributed by atoms with Crippen LogP contribution >= 0.6 is 11.8 Å². The molecule has 0 aliphatic rings. The van der Waals surface area contributed by atoms with Gasteiger partial charge in [0, 0.05) is 10.5 Å². The molecule has 0 amide bonds. The fourth-order valence-corrected chi connectivity index (χ4v) is 3.54. The molecule has 0 radical (unpaired) electrons. The molecule has 1 heteroatoms. The molecule has 0 aromatic carbocycles. The Kier molecular flexibility index (Phi) is 10.1. The number of unbranched alkanes of at least 4 members (excludes halogenated alkanes) is 1. The summed E-state index contributed by atoms with van der Waals surface area (Å²) >= 11 is 2.23. The van der Waals surface area contributed by atoms with Gasteiger partial charge in [-0.15, -0.1) is 0 Å². The molecule has 0 aliphatic carbocycles. The second-order valence-electron chi connectivity index (χ2n) is 4.29. The molecule has 0 heterocycles. The van der Waals surface area contributed by atoms with Crippen LogP contribution in [0.15, 0.2) is 0 Å². The summed E-state index contributed by atoms with van der Waals surface area (Å²) in [5, 5.41) is 1.80. The Morgan fingerprint density at radius 1 is 0.857 bits per heavy atom. The molecule has 0 spiro atoms. The molecule has 0 aromatic rings. The minimum Gasteiger partial charge on any atom is -0.155 e. The highest BCUT2D eigenvalue weighted by molar-refractivity contribution is 8.00. The molecule has 0 saturated heterocycles. The van der Waals surface area contributed by atoms with E-state index in [1.54, 1.807) is 0 Å². The molecule has 0 bridgehead atoms. The van der Waals surface area contributed by atoms with Crippen LogP contribution in [0.1, 0.15) is 72.6 Å². The van der Waals surface area contributed by atoms with Gasteiger partial charge in [0.15, 0.2) is 0 Å². The third-order valence-electron chi connectivity index (χ3n) is 2.61. The van der Waals surface area contributed by atoms with Crippen LogP contribution in [0.4, 0.5) is 0 Å². The zero-order valence-electron chi connectivity index (χ0n) is 10.5. The van der Waals surface area contributed by atoms with E-state index in [1.807, 2.05) is 0 Å². The number of hydrogen-bond donors (Lipinski definition) is 0. The van der Waals surface area contributed by atoms with Gasteiger partial charge in [-0.05, 0) is 19.3 Å². The van der Waals surface area contributed by atoms with Crippen molar-refractivity contribution >= 4 is 11.8 Å². The Balaban J connectivity index is 3.69. The summed E-state index contributed by atoms with van der Waals surface area (Å²) in [7, 11) is 0. The smallest absolute Gasteiger partial charge is 0.00496 e. The second kappa shape index (κ2) is 9.89. The minimum absolute atomic E-state index is 0.869. The van der Waals surface area contributed by atoms with Crippen molar-refractivity contribution in [2.45, 2.75) is 83.1 Å². The Morgan fingerprint density at radius 2 is 1.50 bits per heavy atom. The fourth-order valence-electron chi connectivity index (χ4n) is 1.84. The topological polar surface area (TPSA) is 0 Å². The van der Waals surface area contributed by atoms with Crippen LogP contribution in [0.5, 0.6) is 0 Å². The summed E-state index contributed by atoms with van der Waals surface area (Å²) in [5.41, 5.74) is 0. The molecule has 0 N–H and O–H groups in total. The Labute approximate surface area is 95.2 Å². The number of rotatable bonds is 9. The van der Waals surface area contributed by atoms with E-state index in [0.29, 0.717) is 0 Å². The van der Waals surface area contributed by atoms with E-state index in [1.165, 1.54) is 44.9 Å². The number of hydrogen-bond acceptors (Lipinski definition) is 1. The Bertz CT molecular complexity index is 112. The standard InChI is InChI=1S/C13H28S/c1-5-8-11-13(10-7-3)14-12(4)9-6-2/h12-13H,5-11H2,1-4H3. The quantitative estimate of drug-likeness (QED) is 0.506. The first kappa shape index (κ1) is 14.3. The Hall–Kier alpha value is 0.350. The highest BCUT2D eigenvalue weighted by atomic mass is 32.2. The van der Waals surface area contributed by atoms with Crippen LogP contribution in [0.25, 0.3) is 0 Å². The van der Waals surface area contributed by atoms with E-state index < -0.39 is 0 Å². The second-order valence-corrected chi connectivity index (χ2v) is 6.03. The van der Waals surface area contributed by atoms with E-state index >= 15 is 0 Å². The van der Waals surface area contributed by atoms with Crippen molar-refractivity contribution in [1.29, 1.82) is 0 Å². The normalized spacial score (nSPS) is 15.4. The summed E-state index contributed by atoms with van der Waals surface area (Å²) < 4.78 is 0. The monoisotopic (exact) mass is 216 g/mol. The van der Waals surface area contributed by atoms with Gasteiger partial charge in [0.05, 0.1) is 0 Å². The van der Waals surface area contributed by atoms with Crippen molar-refractivity contribution in [3.63, 3.8) is 0 Å².